The van der Waals surface area contributed by atoms with Crippen molar-refractivity contribution in [3.8, 4) is 0 Å². The van der Waals surface area contributed by atoms with Crippen LogP contribution in [0.3, 0.4) is 0 Å². The third-order valence-electron chi connectivity index (χ3n) is 2.22. The molecule has 5 N–H and O–H groups in total. The number of nitrogens with two attached hydrogens (primary N) is 2. The fourth-order valence-corrected chi connectivity index (χ4v) is 1.36. The van der Waals surface area contributed by atoms with Gasteiger partial charge in [0.05, 0.1) is 0 Å². The zero-order valence-corrected chi connectivity index (χ0v) is 8.95. The molecule has 1 amide bonds. The van der Waals surface area contributed by atoms with Crippen LogP contribution in [0.1, 0.15) is 30.1 Å². The van der Waals surface area contributed by atoms with E-state index in [4.69, 9.17) is 11.5 Å². The molecule has 1 rings (SSSR count). The van der Waals surface area contributed by atoms with Gasteiger partial charge in [-0.3, -0.25) is 19.1 Å². The number of hydrogen-bond donors (Lipinski definition) is 3. The molecule has 7 heteroatoms. The molecule has 0 atom stereocenters. The van der Waals surface area contributed by atoms with Crippen LogP contribution in [-0.4, -0.2) is 15.5 Å². The lowest BCUT2D eigenvalue weighted by atomic mass is 10.2. The molecule has 0 unspecified atom stereocenters. The number of primary amides is 1. The van der Waals surface area contributed by atoms with Crippen molar-refractivity contribution < 1.29 is 4.79 Å². The Morgan fingerprint density at radius 2 is 2.06 bits per heavy atom. The van der Waals surface area contributed by atoms with Crippen LogP contribution in [0, 0.1) is 0 Å². The van der Waals surface area contributed by atoms with Crippen LogP contribution in [0.2, 0.25) is 0 Å². The number of nitrogen functional groups attached to an aromatic ring is 1. The van der Waals surface area contributed by atoms with Crippen molar-refractivity contribution in [1.82, 2.24) is 9.55 Å². The Balaban J connectivity index is 3.39. The number of hydrogen-bond acceptors (Lipinski definition) is 4. The number of aromatic amines is 1. The number of carbonyl (C=O) groups is 1. The van der Waals surface area contributed by atoms with Gasteiger partial charge in [0.15, 0.2) is 0 Å². The Morgan fingerprint density at radius 3 is 2.56 bits per heavy atom. The minimum Gasteiger partial charge on any atom is -0.384 e. The van der Waals surface area contributed by atoms with E-state index >= 15 is 0 Å². The summed E-state index contributed by atoms with van der Waals surface area (Å²) in [7, 11) is 0. The van der Waals surface area contributed by atoms with Gasteiger partial charge in [-0.15, -0.1) is 0 Å². The zero-order chi connectivity index (χ0) is 12.3. The van der Waals surface area contributed by atoms with Gasteiger partial charge in [-0.2, -0.15) is 0 Å². The summed E-state index contributed by atoms with van der Waals surface area (Å²) >= 11 is 0. The summed E-state index contributed by atoms with van der Waals surface area (Å²) in [5.41, 5.74) is 8.74. The molecule has 0 aromatic carbocycles. The van der Waals surface area contributed by atoms with Crippen LogP contribution in [0.4, 0.5) is 5.82 Å². The number of nitrogens with one attached hydrogen (secondary N) is 1. The fraction of sp³-hybridized carbons (Fsp3) is 0.444. The van der Waals surface area contributed by atoms with Crippen molar-refractivity contribution in [2.24, 2.45) is 5.73 Å². The summed E-state index contributed by atoms with van der Waals surface area (Å²) in [6.07, 6.45) is 1.57. The van der Waals surface area contributed by atoms with E-state index in [0.29, 0.717) is 13.0 Å². The molecule has 0 fully saturated rings. The Kier molecular flexibility index (Phi) is 3.49. The molecular formula is C9H14N4O3. The van der Waals surface area contributed by atoms with E-state index in [1.165, 1.54) is 0 Å². The topological polar surface area (TPSA) is 124 Å². The first kappa shape index (κ1) is 12.0. The van der Waals surface area contributed by atoms with E-state index in [2.05, 4.69) is 0 Å². The van der Waals surface area contributed by atoms with E-state index < -0.39 is 17.2 Å². The predicted octanol–water partition coefficient (Wildman–Crippen LogP) is -0.982. The summed E-state index contributed by atoms with van der Waals surface area (Å²) in [6, 6.07) is 0. The normalized spacial score (nSPS) is 10.3. The van der Waals surface area contributed by atoms with Crippen molar-refractivity contribution in [2.45, 2.75) is 26.3 Å². The highest BCUT2D eigenvalue weighted by molar-refractivity contribution is 5.96. The fourth-order valence-electron chi connectivity index (χ4n) is 1.36. The summed E-state index contributed by atoms with van der Waals surface area (Å²) in [5.74, 6) is -1.11. The van der Waals surface area contributed by atoms with Crippen molar-refractivity contribution in [2.75, 3.05) is 5.73 Å². The maximum absolute atomic E-state index is 11.4. The molecule has 0 aliphatic heterocycles. The monoisotopic (exact) mass is 226 g/mol. The Labute approximate surface area is 91.1 Å². The first-order valence-corrected chi connectivity index (χ1v) is 4.91. The number of rotatable bonds is 4. The second kappa shape index (κ2) is 4.65. The van der Waals surface area contributed by atoms with Gasteiger partial charge in [0.25, 0.3) is 11.5 Å². The van der Waals surface area contributed by atoms with Crippen molar-refractivity contribution >= 4 is 11.7 Å². The number of aromatic nitrogens is 2. The second-order valence-electron chi connectivity index (χ2n) is 3.39. The van der Waals surface area contributed by atoms with E-state index in [-0.39, 0.29) is 11.4 Å². The second-order valence-corrected chi connectivity index (χ2v) is 3.39. The number of H-pyrrole nitrogens is 1. The summed E-state index contributed by atoms with van der Waals surface area (Å²) in [4.78, 5) is 35.7. The van der Waals surface area contributed by atoms with Crippen LogP contribution in [-0.2, 0) is 6.54 Å². The average Bonchev–Trinajstić information content (AvgIpc) is 2.16. The Hall–Kier alpha value is -2.05. The van der Waals surface area contributed by atoms with Crippen LogP contribution in [0.15, 0.2) is 9.59 Å². The van der Waals surface area contributed by atoms with Crippen LogP contribution in [0.5, 0.6) is 0 Å². The molecule has 0 radical (unpaired) electrons. The van der Waals surface area contributed by atoms with E-state index in [1.54, 1.807) is 0 Å². The van der Waals surface area contributed by atoms with Crippen LogP contribution >= 0.6 is 0 Å². The summed E-state index contributed by atoms with van der Waals surface area (Å²) in [6.45, 7) is 2.29. The van der Waals surface area contributed by atoms with Gasteiger partial charge in [0.1, 0.15) is 11.4 Å². The molecule has 1 heterocycles. The first-order chi connectivity index (χ1) is 7.49. The lowest BCUT2D eigenvalue weighted by Crippen LogP contribution is -2.37. The van der Waals surface area contributed by atoms with Crippen LogP contribution < -0.4 is 22.7 Å². The molecule has 1 aromatic heterocycles. The minimum absolute atomic E-state index is 0.172. The maximum Gasteiger partial charge on any atom is 0.329 e. The molecule has 16 heavy (non-hydrogen) atoms. The molecule has 88 valence electrons. The van der Waals surface area contributed by atoms with Crippen LogP contribution in [0.25, 0.3) is 0 Å². The highest BCUT2D eigenvalue weighted by Gasteiger charge is 2.16. The van der Waals surface area contributed by atoms with Gasteiger partial charge in [-0.1, -0.05) is 13.3 Å². The third-order valence-corrected chi connectivity index (χ3v) is 2.22. The standard InChI is InChI=1S/C9H14N4O3/c1-2-3-4-13-6(10)5(7(11)14)8(15)12-9(13)16/h2-4,10H2,1H3,(H2,11,14)(H,12,15,16). The molecular weight excluding hydrogens is 212 g/mol. The molecule has 0 aliphatic rings. The van der Waals surface area contributed by atoms with Gasteiger partial charge in [-0.05, 0) is 6.42 Å². The van der Waals surface area contributed by atoms with Crippen molar-refractivity contribution in [3.05, 3.63) is 26.4 Å². The average molecular weight is 226 g/mol. The first-order valence-electron chi connectivity index (χ1n) is 4.91. The van der Waals surface area contributed by atoms with Gasteiger partial charge >= 0.3 is 5.69 Å². The van der Waals surface area contributed by atoms with Gasteiger partial charge in [-0.25, -0.2) is 4.79 Å². The lowest BCUT2D eigenvalue weighted by molar-refractivity contribution is 0.0999. The molecule has 0 spiro atoms. The highest BCUT2D eigenvalue weighted by atomic mass is 16.2. The summed E-state index contributed by atoms with van der Waals surface area (Å²) < 4.78 is 1.14. The maximum atomic E-state index is 11.4. The van der Waals surface area contributed by atoms with E-state index in [9.17, 15) is 14.4 Å². The lowest BCUT2D eigenvalue weighted by Gasteiger charge is -2.09. The Morgan fingerprint density at radius 1 is 1.44 bits per heavy atom. The molecule has 0 aliphatic carbocycles. The predicted molar refractivity (Wildman–Crippen MR) is 59.2 cm³/mol. The molecule has 0 saturated heterocycles. The van der Waals surface area contributed by atoms with Gasteiger partial charge < -0.3 is 11.5 Å². The van der Waals surface area contributed by atoms with Crippen molar-refractivity contribution in [3.63, 3.8) is 0 Å². The molecule has 0 saturated carbocycles. The number of unbranched alkanes of at least 4 members (excludes halogenated alkanes) is 1. The third kappa shape index (κ3) is 2.13. The quantitative estimate of drug-likeness (QED) is 0.610. The number of anilines is 1. The van der Waals surface area contributed by atoms with Gasteiger partial charge in [0, 0.05) is 6.54 Å². The highest BCUT2D eigenvalue weighted by Crippen LogP contribution is 2.04. The Bertz CT molecular complexity index is 514. The van der Waals surface area contributed by atoms with Gasteiger partial charge in [0.2, 0.25) is 0 Å². The van der Waals surface area contributed by atoms with E-state index in [1.807, 2.05) is 11.9 Å². The SMILES string of the molecule is CCCCn1c(N)c(C(N)=O)c(=O)[nH]c1=O. The minimum atomic E-state index is -0.941. The molecule has 0 bridgehead atoms. The number of amides is 1. The largest absolute Gasteiger partial charge is 0.384 e. The smallest absolute Gasteiger partial charge is 0.329 e. The zero-order valence-electron chi connectivity index (χ0n) is 8.95. The molecule has 7 nitrogen and oxygen atoms in total. The molecule has 1 aromatic rings. The van der Waals surface area contributed by atoms with Crippen molar-refractivity contribution in [1.29, 1.82) is 0 Å². The number of nitrogens with zero attached hydrogens (tertiary/aromatic N) is 1. The van der Waals surface area contributed by atoms with E-state index in [0.717, 1.165) is 11.0 Å². The number of carbonyl (C=O) groups excluding carboxylic acids is 1. The summed E-state index contributed by atoms with van der Waals surface area (Å²) in [5, 5.41) is 0.